The summed E-state index contributed by atoms with van der Waals surface area (Å²) in [7, 11) is -3.78. The first-order chi connectivity index (χ1) is 11.3. The van der Waals surface area contributed by atoms with E-state index in [1.165, 1.54) is 12.1 Å². The van der Waals surface area contributed by atoms with Crippen LogP contribution in [0, 0.1) is 6.92 Å². The maximum atomic E-state index is 12.5. The van der Waals surface area contributed by atoms with Crippen molar-refractivity contribution in [2.75, 3.05) is 10.0 Å². The summed E-state index contributed by atoms with van der Waals surface area (Å²) in [5.41, 5.74) is 1.46. The number of sulfonamides is 1. The fraction of sp³-hybridized carbons (Fsp3) is 0.250. The van der Waals surface area contributed by atoms with Gasteiger partial charge in [-0.15, -0.1) is 11.8 Å². The van der Waals surface area contributed by atoms with Gasteiger partial charge in [0, 0.05) is 22.8 Å². The predicted octanol–water partition coefficient (Wildman–Crippen LogP) is 3.01. The zero-order valence-electron chi connectivity index (χ0n) is 13.2. The molecule has 1 amide bonds. The minimum atomic E-state index is -3.78. The number of aryl methyl sites for hydroxylation is 1. The Kier molecular flexibility index (Phi) is 4.51. The molecule has 2 heterocycles. The average molecular weight is 363 g/mol. The van der Waals surface area contributed by atoms with E-state index in [1.54, 1.807) is 36.2 Å². The lowest BCUT2D eigenvalue weighted by atomic mass is 10.3. The molecule has 1 aliphatic heterocycles. The molecule has 6 nitrogen and oxygen atoms in total. The van der Waals surface area contributed by atoms with Crippen LogP contribution in [0.1, 0.15) is 18.9 Å². The van der Waals surface area contributed by atoms with Crippen LogP contribution in [0.4, 0.5) is 11.5 Å². The third-order valence-electron chi connectivity index (χ3n) is 3.49. The Morgan fingerprint density at radius 1 is 1.29 bits per heavy atom. The molecule has 1 aliphatic rings. The van der Waals surface area contributed by atoms with Gasteiger partial charge in [-0.05, 0) is 36.8 Å². The van der Waals surface area contributed by atoms with Crippen LogP contribution in [0.15, 0.2) is 46.3 Å². The first-order valence-electron chi connectivity index (χ1n) is 7.39. The number of hydrogen-bond donors (Lipinski definition) is 2. The highest BCUT2D eigenvalue weighted by molar-refractivity contribution is 8.00. The molecule has 2 aromatic rings. The molecule has 8 heteroatoms. The van der Waals surface area contributed by atoms with Crippen molar-refractivity contribution in [3.05, 3.63) is 42.1 Å². The first-order valence-corrected chi connectivity index (χ1v) is 9.76. The number of hydrogen-bond acceptors (Lipinski definition) is 5. The number of rotatable bonds is 3. The van der Waals surface area contributed by atoms with E-state index in [4.69, 9.17) is 0 Å². The summed E-state index contributed by atoms with van der Waals surface area (Å²) >= 11 is 1.55. The van der Waals surface area contributed by atoms with E-state index in [1.807, 2.05) is 13.8 Å². The Labute approximate surface area is 145 Å². The van der Waals surface area contributed by atoms with E-state index < -0.39 is 10.0 Å². The normalized spacial score (nSPS) is 17.6. The van der Waals surface area contributed by atoms with Gasteiger partial charge in [-0.2, -0.15) is 0 Å². The zero-order chi connectivity index (χ0) is 17.3. The summed E-state index contributed by atoms with van der Waals surface area (Å²) in [4.78, 5) is 16.8. The second kappa shape index (κ2) is 6.45. The molecule has 0 radical (unpaired) electrons. The molecule has 1 aromatic heterocycles. The van der Waals surface area contributed by atoms with Crippen molar-refractivity contribution in [2.45, 2.75) is 35.3 Å². The Bertz CT molecular complexity index is 880. The molecular formula is C16H17N3O3S2. The number of nitrogens with zero attached hydrogens (tertiary/aromatic N) is 1. The minimum Gasteiger partial charge on any atom is -0.325 e. The standard InChI is InChI=1S/C16H17N3O3S2/c1-10-3-6-15(17-9-10)19-24(21,22)12-4-5-14-13(8-12)18-16(20)7-11(2)23-14/h3-6,8-9,11H,7H2,1-2H3,(H,17,19)(H,18,20)/t11-/m1/s1. The van der Waals surface area contributed by atoms with E-state index in [0.29, 0.717) is 12.1 Å². The molecule has 1 aromatic carbocycles. The molecule has 2 N–H and O–H groups in total. The number of benzene rings is 1. The van der Waals surface area contributed by atoms with Crippen LogP contribution in [0.25, 0.3) is 0 Å². The molecule has 0 bridgehead atoms. The Morgan fingerprint density at radius 2 is 2.08 bits per heavy atom. The predicted molar refractivity (Wildman–Crippen MR) is 94.8 cm³/mol. The van der Waals surface area contributed by atoms with E-state index in [9.17, 15) is 13.2 Å². The smallest absolute Gasteiger partial charge is 0.263 e. The molecule has 0 saturated heterocycles. The van der Waals surface area contributed by atoms with Gasteiger partial charge in [0.2, 0.25) is 5.91 Å². The largest absolute Gasteiger partial charge is 0.325 e. The van der Waals surface area contributed by atoms with Crippen molar-refractivity contribution < 1.29 is 13.2 Å². The summed E-state index contributed by atoms with van der Waals surface area (Å²) in [5.74, 6) is 0.138. The van der Waals surface area contributed by atoms with Crippen molar-refractivity contribution in [1.82, 2.24) is 4.98 Å². The fourth-order valence-corrected chi connectivity index (χ4v) is 4.41. The quantitative estimate of drug-likeness (QED) is 0.875. The lowest BCUT2D eigenvalue weighted by molar-refractivity contribution is -0.116. The summed E-state index contributed by atoms with van der Waals surface area (Å²) in [5, 5.41) is 2.91. The van der Waals surface area contributed by atoms with Crippen LogP contribution in [-0.2, 0) is 14.8 Å². The van der Waals surface area contributed by atoms with Crippen molar-refractivity contribution in [1.29, 1.82) is 0 Å². The Balaban J connectivity index is 1.91. The summed E-state index contributed by atoms with van der Waals surface area (Å²) < 4.78 is 27.5. The van der Waals surface area contributed by atoms with Gasteiger partial charge in [0.25, 0.3) is 10.0 Å². The van der Waals surface area contributed by atoms with E-state index in [-0.39, 0.29) is 21.9 Å². The lowest BCUT2D eigenvalue weighted by Crippen LogP contribution is -2.15. The average Bonchev–Trinajstić information content (AvgIpc) is 2.64. The van der Waals surface area contributed by atoms with Gasteiger partial charge in [-0.3, -0.25) is 9.52 Å². The van der Waals surface area contributed by atoms with Crippen molar-refractivity contribution in [3.8, 4) is 0 Å². The maximum absolute atomic E-state index is 12.5. The van der Waals surface area contributed by atoms with Crippen LogP contribution >= 0.6 is 11.8 Å². The number of aromatic nitrogens is 1. The molecule has 3 rings (SSSR count). The third kappa shape index (κ3) is 3.70. The third-order valence-corrected chi connectivity index (χ3v) is 6.02. The van der Waals surface area contributed by atoms with Gasteiger partial charge < -0.3 is 5.32 Å². The summed E-state index contributed by atoms with van der Waals surface area (Å²) in [6.45, 7) is 3.84. The van der Waals surface area contributed by atoms with Crippen LogP contribution in [0.3, 0.4) is 0 Å². The molecular weight excluding hydrogens is 346 g/mol. The first kappa shape index (κ1) is 16.8. The molecule has 1 atom stereocenters. The number of carbonyl (C=O) groups is 1. The van der Waals surface area contributed by atoms with Gasteiger partial charge in [-0.25, -0.2) is 13.4 Å². The van der Waals surface area contributed by atoms with Gasteiger partial charge in [-0.1, -0.05) is 13.0 Å². The number of nitrogens with one attached hydrogen (secondary N) is 2. The van der Waals surface area contributed by atoms with Gasteiger partial charge in [0.05, 0.1) is 10.6 Å². The number of anilines is 2. The SMILES string of the molecule is Cc1ccc(NS(=O)(=O)c2ccc3c(c2)NC(=O)C[C@@H](C)S3)nc1. The van der Waals surface area contributed by atoms with Gasteiger partial charge in [0.1, 0.15) is 5.82 Å². The molecule has 0 saturated carbocycles. The molecule has 0 aliphatic carbocycles. The number of pyridine rings is 1. The number of fused-ring (bicyclic) bond motifs is 1. The molecule has 126 valence electrons. The second-order valence-corrected chi connectivity index (χ2v) is 8.83. The highest BCUT2D eigenvalue weighted by Crippen LogP contribution is 2.36. The lowest BCUT2D eigenvalue weighted by Gasteiger charge is -2.11. The summed E-state index contributed by atoms with van der Waals surface area (Å²) in [6.07, 6.45) is 1.99. The van der Waals surface area contributed by atoms with Crippen molar-refractivity contribution in [2.24, 2.45) is 0 Å². The molecule has 0 spiro atoms. The highest BCUT2D eigenvalue weighted by atomic mass is 32.2. The molecule has 0 fully saturated rings. The second-order valence-electron chi connectivity index (χ2n) is 5.67. The number of carbonyl (C=O) groups excluding carboxylic acids is 1. The van der Waals surface area contributed by atoms with Crippen LogP contribution in [0.2, 0.25) is 0 Å². The minimum absolute atomic E-state index is 0.0825. The van der Waals surface area contributed by atoms with Crippen molar-refractivity contribution in [3.63, 3.8) is 0 Å². The monoisotopic (exact) mass is 363 g/mol. The molecule has 0 unspecified atom stereocenters. The van der Waals surface area contributed by atoms with E-state index in [2.05, 4.69) is 15.0 Å². The van der Waals surface area contributed by atoms with Gasteiger partial charge in [0.15, 0.2) is 0 Å². The summed E-state index contributed by atoms with van der Waals surface area (Å²) in [6, 6.07) is 8.12. The van der Waals surface area contributed by atoms with Crippen LogP contribution in [0.5, 0.6) is 0 Å². The van der Waals surface area contributed by atoms with Crippen LogP contribution in [-0.4, -0.2) is 24.6 Å². The van der Waals surface area contributed by atoms with Crippen LogP contribution < -0.4 is 10.0 Å². The van der Waals surface area contributed by atoms with Gasteiger partial charge >= 0.3 is 0 Å². The Hall–Kier alpha value is -2.06. The van der Waals surface area contributed by atoms with Crippen molar-refractivity contribution >= 4 is 39.2 Å². The number of thioether (sulfide) groups is 1. The van der Waals surface area contributed by atoms with E-state index >= 15 is 0 Å². The Morgan fingerprint density at radius 3 is 2.79 bits per heavy atom. The molecule has 24 heavy (non-hydrogen) atoms. The maximum Gasteiger partial charge on any atom is 0.263 e. The highest BCUT2D eigenvalue weighted by Gasteiger charge is 2.22. The zero-order valence-corrected chi connectivity index (χ0v) is 14.9. The topological polar surface area (TPSA) is 88.2 Å². The number of amides is 1. The van der Waals surface area contributed by atoms with E-state index in [0.717, 1.165) is 10.5 Å². The fourth-order valence-electron chi connectivity index (χ4n) is 2.32.